The smallest absolute Gasteiger partial charge is 0.000177 e. The lowest BCUT2D eigenvalue weighted by atomic mass is 9.94. The summed E-state index contributed by atoms with van der Waals surface area (Å²) in [5.41, 5.74) is 8.54. The molecule has 1 saturated heterocycles. The maximum Gasteiger partial charge on any atom is 0.000177 e. The molecule has 82 valence electrons. The predicted octanol–water partition coefficient (Wildman–Crippen LogP) is 2.97. The van der Waals surface area contributed by atoms with E-state index < -0.39 is 0 Å². The average molecular weight is 221 g/mol. The van der Waals surface area contributed by atoms with Crippen LogP contribution in [0.25, 0.3) is 0 Å². The molecule has 2 heteroatoms. The van der Waals surface area contributed by atoms with Crippen molar-refractivity contribution in [1.82, 2.24) is 0 Å². The SMILES string of the molecule is CC(CN)c1ccc(C2CCSC2)cc1. The highest BCUT2D eigenvalue weighted by Gasteiger charge is 2.17. The van der Waals surface area contributed by atoms with Crippen LogP contribution < -0.4 is 5.73 Å². The van der Waals surface area contributed by atoms with Crippen LogP contribution in [0.5, 0.6) is 0 Å². The molecular weight excluding hydrogens is 202 g/mol. The average Bonchev–Trinajstić information content (AvgIpc) is 2.82. The number of hydrogen-bond acceptors (Lipinski definition) is 2. The Kier molecular flexibility index (Phi) is 3.71. The van der Waals surface area contributed by atoms with Gasteiger partial charge in [-0.25, -0.2) is 0 Å². The van der Waals surface area contributed by atoms with Gasteiger partial charge in [-0.05, 0) is 41.7 Å². The molecule has 1 aliphatic heterocycles. The van der Waals surface area contributed by atoms with Gasteiger partial charge in [0.2, 0.25) is 0 Å². The molecule has 2 rings (SSSR count). The molecule has 0 bridgehead atoms. The fraction of sp³-hybridized carbons (Fsp3) is 0.538. The number of nitrogens with two attached hydrogens (primary N) is 1. The minimum absolute atomic E-state index is 0.483. The van der Waals surface area contributed by atoms with Crippen molar-refractivity contribution in [2.45, 2.75) is 25.2 Å². The highest BCUT2D eigenvalue weighted by molar-refractivity contribution is 7.99. The summed E-state index contributed by atoms with van der Waals surface area (Å²) in [7, 11) is 0. The summed E-state index contributed by atoms with van der Waals surface area (Å²) >= 11 is 2.07. The summed E-state index contributed by atoms with van der Waals surface area (Å²) in [6, 6.07) is 9.07. The van der Waals surface area contributed by atoms with Gasteiger partial charge < -0.3 is 5.73 Å². The molecular formula is C13H19NS. The molecule has 1 heterocycles. The van der Waals surface area contributed by atoms with Crippen LogP contribution in [0.1, 0.15) is 36.3 Å². The lowest BCUT2D eigenvalue weighted by Gasteiger charge is -2.12. The van der Waals surface area contributed by atoms with Gasteiger partial charge in [-0.3, -0.25) is 0 Å². The highest BCUT2D eigenvalue weighted by atomic mass is 32.2. The highest BCUT2D eigenvalue weighted by Crippen LogP contribution is 2.32. The second-order valence-electron chi connectivity index (χ2n) is 4.36. The van der Waals surface area contributed by atoms with Gasteiger partial charge in [-0.2, -0.15) is 11.8 Å². The molecule has 2 N–H and O–H groups in total. The van der Waals surface area contributed by atoms with Gasteiger partial charge in [0.15, 0.2) is 0 Å². The first-order valence-corrected chi connectivity index (χ1v) is 6.84. The number of hydrogen-bond donors (Lipinski definition) is 1. The minimum Gasteiger partial charge on any atom is -0.330 e. The zero-order valence-electron chi connectivity index (χ0n) is 9.28. The molecule has 2 atom stereocenters. The van der Waals surface area contributed by atoms with E-state index in [1.807, 2.05) is 0 Å². The summed E-state index contributed by atoms with van der Waals surface area (Å²) in [4.78, 5) is 0. The zero-order chi connectivity index (χ0) is 10.7. The van der Waals surface area contributed by atoms with Crippen molar-refractivity contribution in [2.75, 3.05) is 18.1 Å². The third kappa shape index (κ3) is 2.56. The van der Waals surface area contributed by atoms with Gasteiger partial charge >= 0.3 is 0 Å². The van der Waals surface area contributed by atoms with Crippen molar-refractivity contribution in [3.63, 3.8) is 0 Å². The van der Waals surface area contributed by atoms with E-state index in [-0.39, 0.29) is 0 Å². The van der Waals surface area contributed by atoms with Gasteiger partial charge in [0.05, 0.1) is 0 Å². The van der Waals surface area contributed by atoms with Gasteiger partial charge in [0.1, 0.15) is 0 Å². The van der Waals surface area contributed by atoms with Crippen molar-refractivity contribution in [3.05, 3.63) is 35.4 Å². The Labute approximate surface area is 96.4 Å². The van der Waals surface area contributed by atoms with E-state index in [1.165, 1.54) is 29.1 Å². The molecule has 0 amide bonds. The van der Waals surface area contributed by atoms with E-state index >= 15 is 0 Å². The quantitative estimate of drug-likeness (QED) is 0.849. The molecule has 1 aromatic carbocycles. The maximum atomic E-state index is 5.66. The lowest BCUT2D eigenvalue weighted by Crippen LogP contribution is -2.08. The van der Waals surface area contributed by atoms with Crippen LogP contribution >= 0.6 is 11.8 Å². The Balaban J connectivity index is 2.09. The van der Waals surface area contributed by atoms with Gasteiger partial charge in [0, 0.05) is 5.75 Å². The monoisotopic (exact) mass is 221 g/mol. The van der Waals surface area contributed by atoms with Gasteiger partial charge in [-0.15, -0.1) is 0 Å². The molecule has 0 saturated carbocycles. The van der Waals surface area contributed by atoms with Crippen molar-refractivity contribution >= 4 is 11.8 Å². The van der Waals surface area contributed by atoms with Crippen molar-refractivity contribution in [1.29, 1.82) is 0 Å². The van der Waals surface area contributed by atoms with Crippen LogP contribution in [0.2, 0.25) is 0 Å². The molecule has 1 aliphatic rings. The first kappa shape index (κ1) is 11.0. The third-order valence-corrected chi connectivity index (χ3v) is 4.42. The summed E-state index contributed by atoms with van der Waals surface area (Å²) in [5, 5.41) is 0. The lowest BCUT2D eigenvalue weighted by molar-refractivity contribution is 0.762. The van der Waals surface area contributed by atoms with Crippen LogP contribution in [0.15, 0.2) is 24.3 Å². The van der Waals surface area contributed by atoms with E-state index in [4.69, 9.17) is 5.73 Å². The van der Waals surface area contributed by atoms with E-state index in [9.17, 15) is 0 Å². The minimum atomic E-state index is 0.483. The Morgan fingerprint density at radius 1 is 1.40 bits per heavy atom. The van der Waals surface area contributed by atoms with Crippen LogP contribution in [-0.4, -0.2) is 18.1 Å². The number of rotatable bonds is 3. The fourth-order valence-corrected chi connectivity index (χ4v) is 3.29. The van der Waals surface area contributed by atoms with Gasteiger partial charge in [-0.1, -0.05) is 31.2 Å². The van der Waals surface area contributed by atoms with Crippen LogP contribution in [0.3, 0.4) is 0 Å². The molecule has 1 aromatic rings. The van der Waals surface area contributed by atoms with Crippen LogP contribution in [-0.2, 0) is 0 Å². The second-order valence-corrected chi connectivity index (χ2v) is 5.51. The Hall–Kier alpha value is -0.470. The number of thioether (sulfide) groups is 1. The Bertz CT molecular complexity index is 301. The van der Waals surface area contributed by atoms with Crippen LogP contribution in [0.4, 0.5) is 0 Å². The standard InChI is InChI=1S/C13H19NS/c1-10(8-14)11-2-4-12(5-3-11)13-6-7-15-9-13/h2-5,10,13H,6-9,14H2,1H3. The molecule has 0 radical (unpaired) electrons. The Morgan fingerprint density at radius 2 is 2.13 bits per heavy atom. The summed E-state index contributed by atoms with van der Waals surface area (Å²) in [6.07, 6.45) is 1.34. The third-order valence-electron chi connectivity index (χ3n) is 3.26. The Morgan fingerprint density at radius 3 is 2.67 bits per heavy atom. The normalized spacial score (nSPS) is 22.9. The molecule has 1 fully saturated rings. The van der Waals surface area contributed by atoms with E-state index in [0.717, 1.165) is 12.5 Å². The first-order chi connectivity index (χ1) is 7.31. The first-order valence-electron chi connectivity index (χ1n) is 5.69. The van der Waals surface area contributed by atoms with Crippen LogP contribution in [0, 0.1) is 0 Å². The van der Waals surface area contributed by atoms with E-state index in [2.05, 4.69) is 43.0 Å². The molecule has 0 spiro atoms. The molecule has 0 aliphatic carbocycles. The largest absolute Gasteiger partial charge is 0.330 e. The van der Waals surface area contributed by atoms with Crippen molar-refractivity contribution in [2.24, 2.45) is 5.73 Å². The topological polar surface area (TPSA) is 26.0 Å². The van der Waals surface area contributed by atoms with Crippen molar-refractivity contribution < 1.29 is 0 Å². The number of benzene rings is 1. The summed E-state index contributed by atoms with van der Waals surface area (Å²) in [6.45, 7) is 2.92. The summed E-state index contributed by atoms with van der Waals surface area (Å²) in [5.74, 6) is 3.89. The second kappa shape index (κ2) is 5.04. The van der Waals surface area contributed by atoms with E-state index in [0.29, 0.717) is 5.92 Å². The van der Waals surface area contributed by atoms with E-state index in [1.54, 1.807) is 0 Å². The molecule has 2 unspecified atom stereocenters. The predicted molar refractivity (Wildman–Crippen MR) is 68.6 cm³/mol. The zero-order valence-corrected chi connectivity index (χ0v) is 10.1. The fourth-order valence-electron chi connectivity index (χ4n) is 2.03. The summed E-state index contributed by atoms with van der Waals surface area (Å²) < 4.78 is 0. The van der Waals surface area contributed by atoms with Gasteiger partial charge in [0.25, 0.3) is 0 Å². The maximum absolute atomic E-state index is 5.66. The molecule has 1 nitrogen and oxygen atoms in total. The van der Waals surface area contributed by atoms with Crippen molar-refractivity contribution in [3.8, 4) is 0 Å². The molecule has 15 heavy (non-hydrogen) atoms. The molecule has 0 aromatic heterocycles.